The average molecular weight is 535 g/mol. The lowest BCUT2D eigenvalue weighted by molar-refractivity contribution is -0.141. The van der Waals surface area contributed by atoms with Crippen molar-refractivity contribution in [3.63, 3.8) is 0 Å². The molecule has 37 heavy (non-hydrogen) atoms. The van der Waals surface area contributed by atoms with Gasteiger partial charge in [-0.3, -0.25) is 24.2 Å². The molecule has 2 rings (SSSR count). The van der Waals surface area contributed by atoms with E-state index in [1.165, 1.54) is 6.92 Å². The molecule has 0 spiro atoms. The lowest BCUT2D eigenvalue weighted by Gasteiger charge is -2.24. The van der Waals surface area contributed by atoms with Crippen LogP contribution in [0.1, 0.15) is 25.3 Å². The molecule has 0 aliphatic rings. The number of benzene rings is 1. The Labute approximate surface area is 219 Å². The highest BCUT2D eigenvalue weighted by atomic mass is 32.1. The number of hydrogen-bond donors (Lipinski definition) is 9. The summed E-state index contributed by atoms with van der Waals surface area (Å²) in [5, 5.41) is 17.5. The Balaban J connectivity index is 2.03. The minimum atomic E-state index is -1.23. The van der Waals surface area contributed by atoms with E-state index in [1.807, 2.05) is 24.3 Å². The molecule has 0 bridgehead atoms. The molecule has 0 aliphatic heterocycles. The third-order valence-electron chi connectivity index (χ3n) is 5.57. The third-order valence-corrected chi connectivity index (χ3v) is 5.94. The summed E-state index contributed by atoms with van der Waals surface area (Å²) < 4.78 is 0. The van der Waals surface area contributed by atoms with Crippen LogP contribution in [0.5, 0.6) is 0 Å². The highest BCUT2D eigenvalue weighted by Crippen LogP contribution is 2.18. The highest BCUT2D eigenvalue weighted by Gasteiger charge is 2.28. The van der Waals surface area contributed by atoms with Crippen molar-refractivity contribution in [2.45, 2.75) is 50.4 Å². The van der Waals surface area contributed by atoms with Crippen molar-refractivity contribution >= 4 is 53.2 Å². The van der Waals surface area contributed by atoms with E-state index in [9.17, 15) is 19.2 Å². The second-order valence-electron chi connectivity index (χ2n) is 8.49. The van der Waals surface area contributed by atoms with Crippen LogP contribution in [-0.2, 0) is 25.6 Å². The molecule has 0 saturated heterocycles. The van der Waals surface area contributed by atoms with Crippen LogP contribution in [0.15, 0.2) is 35.5 Å². The van der Waals surface area contributed by atoms with Gasteiger partial charge in [-0.05, 0) is 37.8 Å². The number of nitrogens with zero attached hydrogens (tertiary/aromatic N) is 1. The number of aromatic amines is 1. The Morgan fingerprint density at radius 2 is 1.70 bits per heavy atom. The number of nitrogens with one attached hydrogen (secondary N) is 4. The van der Waals surface area contributed by atoms with E-state index < -0.39 is 47.9 Å². The van der Waals surface area contributed by atoms with E-state index in [0.717, 1.165) is 16.5 Å². The van der Waals surface area contributed by atoms with E-state index in [1.54, 1.807) is 6.20 Å². The summed E-state index contributed by atoms with van der Waals surface area (Å²) in [4.78, 5) is 56.4. The molecular formula is C23H34N8O5S. The second-order valence-corrected chi connectivity index (χ2v) is 8.86. The van der Waals surface area contributed by atoms with Crippen LogP contribution in [0, 0.1) is 0 Å². The van der Waals surface area contributed by atoms with Crippen molar-refractivity contribution < 1.29 is 24.3 Å². The number of rotatable bonds is 14. The smallest absolute Gasteiger partial charge is 0.325 e. The van der Waals surface area contributed by atoms with Crippen molar-refractivity contribution in [3.8, 4) is 0 Å². The fraction of sp³-hybridized carbons (Fsp3) is 0.435. The van der Waals surface area contributed by atoms with Gasteiger partial charge in [-0.1, -0.05) is 18.2 Å². The van der Waals surface area contributed by atoms with Crippen molar-refractivity contribution in [1.29, 1.82) is 0 Å². The molecule has 0 saturated carbocycles. The number of carbonyl (C=O) groups excluding carboxylic acids is 3. The Kier molecular flexibility index (Phi) is 11.2. The quantitative estimate of drug-likeness (QED) is 0.0602. The lowest BCUT2D eigenvalue weighted by Crippen LogP contribution is -2.57. The summed E-state index contributed by atoms with van der Waals surface area (Å²) in [6, 6.07) is 3.30. The first-order valence-corrected chi connectivity index (χ1v) is 12.3. The number of hydrogen-bond acceptors (Lipinski definition) is 7. The highest BCUT2D eigenvalue weighted by molar-refractivity contribution is 7.80. The van der Waals surface area contributed by atoms with Gasteiger partial charge in [0.25, 0.3) is 0 Å². The summed E-state index contributed by atoms with van der Waals surface area (Å²) in [7, 11) is 0. The summed E-state index contributed by atoms with van der Waals surface area (Å²) in [6.45, 7) is 1.50. The van der Waals surface area contributed by atoms with E-state index in [4.69, 9.17) is 22.3 Å². The maximum absolute atomic E-state index is 12.9. The van der Waals surface area contributed by atoms with Gasteiger partial charge in [0.2, 0.25) is 17.7 Å². The molecule has 0 fully saturated rings. The first kappa shape index (κ1) is 29.5. The summed E-state index contributed by atoms with van der Waals surface area (Å²) >= 11 is 4.16. The SMILES string of the molecule is CC(NC(=O)C(CCCN=C(N)N)NC(=O)C(CS)NC(=O)C(N)Cc1c[nH]c2ccccc12)C(=O)O. The number of fused-ring (bicyclic) bond motifs is 1. The monoisotopic (exact) mass is 534 g/mol. The van der Waals surface area contributed by atoms with Crippen LogP contribution in [0.3, 0.4) is 0 Å². The number of carboxylic acids is 1. The molecule has 4 atom stereocenters. The molecule has 0 aliphatic carbocycles. The average Bonchev–Trinajstić information content (AvgIpc) is 3.26. The number of H-pyrrole nitrogens is 1. The molecule has 4 unspecified atom stereocenters. The number of thiol groups is 1. The van der Waals surface area contributed by atoms with Crippen LogP contribution in [0.4, 0.5) is 0 Å². The molecule has 2 aromatic rings. The number of aliphatic imine (C=N–C) groups is 1. The van der Waals surface area contributed by atoms with Crippen molar-refractivity contribution in [2.24, 2.45) is 22.2 Å². The zero-order chi connectivity index (χ0) is 27.5. The fourth-order valence-corrected chi connectivity index (χ4v) is 3.78. The number of nitrogens with two attached hydrogens (primary N) is 3. The summed E-state index contributed by atoms with van der Waals surface area (Å²) in [6.07, 6.45) is 2.46. The normalized spacial score (nSPS) is 14.1. The third kappa shape index (κ3) is 8.99. The van der Waals surface area contributed by atoms with E-state index in [2.05, 4.69) is 38.6 Å². The largest absolute Gasteiger partial charge is 0.480 e. The molecule has 13 nitrogen and oxygen atoms in total. The summed E-state index contributed by atoms with van der Waals surface area (Å²) in [5.41, 5.74) is 18.5. The first-order chi connectivity index (χ1) is 17.5. The van der Waals surface area contributed by atoms with Gasteiger partial charge in [0, 0.05) is 29.4 Å². The van der Waals surface area contributed by atoms with Gasteiger partial charge < -0.3 is 43.2 Å². The zero-order valence-corrected chi connectivity index (χ0v) is 21.3. The lowest BCUT2D eigenvalue weighted by atomic mass is 10.0. The van der Waals surface area contributed by atoms with Crippen LogP contribution in [-0.4, -0.2) is 76.2 Å². The van der Waals surface area contributed by atoms with E-state index in [-0.39, 0.29) is 31.1 Å². The van der Waals surface area contributed by atoms with Crippen LogP contribution >= 0.6 is 12.6 Å². The Morgan fingerprint density at radius 3 is 2.35 bits per heavy atom. The predicted octanol–water partition coefficient (Wildman–Crippen LogP) is -1.42. The van der Waals surface area contributed by atoms with Gasteiger partial charge in [-0.25, -0.2) is 0 Å². The maximum Gasteiger partial charge on any atom is 0.325 e. The molecular weight excluding hydrogens is 500 g/mol. The van der Waals surface area contributed by atoms with Gasteiger partial charge in [0.05, 0.1) is 6.04 Å². The molecule has 0 radical (unpaired) electrons. The Morgan fingerprint density at radius 1 is 1.05 bits per heavy atom. The fourth-order valence-electron chi connectivity index (χ4n) is 3.52. The number of para-hydroxylation sites is 1. The predicted molar refractivity (Wildman–Crippen MR) is 143 cm³/mol. The molecule has 202 valence electrons. The first-order valence-electron chi connectivity index (χ1n) is 11.6. The topological polar surface area (TPSA) is 231 Å². The number of carbonyl (C=O) groups is 4. The molecule has 1 aromatic heterocycles. The Bertz CT molecular complexity index is 1130. The minimum absolute atomic E-state index is 0.0642. The van der Waals surface area contributed by atoms with Crippen molar-refractivity contribution in [1.82, 2.24) is 20.9 Å². The van der Waals surface area contributed by atoms with Gasteiger partial charge in [-0.2, -0.15) is 12.6 Å². The number of amides is 3. The van der Waals surface area contributed by atoms with Crippen molar-refractivity contribution in [2.75, 3.05) is 12.3 Å². The summed E-state index contributed by atoms with van der Waals surface area (Å²) in [5.74, 6) is -3.35. The Hall–Kier alpha value is -3.78. The van der Waals surface area contributed by atoms with E-state index >= 15 is 0 Å². The maximum atomic E-state index is 12.9. The number of aromatic nitrogens is 1. The van der Waals surface area contributed by atoms with Crippen LogP contribution in [0.25, 0.3) is 10.9 Å². The zero-order valence-electron chi connectivity index (χ0n) is 20.4. The number of guanidine groups is 1. The molecule has 3 amide bonds. The van der Waals surface area contributed by atoms with Gasteiger partial charge in [-0.15, -0.1) is 0 Å². The molecule has 14 heteroatoms. The van der Waals surface area contributed by atoms with Gasteiger partial charge in [0.15, 0.2) is 5.96 Å². The number of aliphatic carboxylic acids is 1. The van der Waals surface area contributed by atoms with Gasteiger partial charge in [0.1, 0.15) is 18.1 Å². The number of carboxylic acid groups (broad SMARTS) is 1. The second kappa shape index (κ2) is 14.1. The molecule has 1 aromatic carbocycles. The van der Waals surface area contributed by atoms with Crippen LogP contribution in [0.2, 0.25) is 0 Å². The van der Waals surface area contributed by atoms with Gasteiger partial charge >= 0.3 is 5.97 Å². The van der Waals surface area contributed by atoms with Crippen molar-refractivity contribution in [3.05, 3.63) is 36.0 Å². The molecule has 1 heterocycles. The standard InChI is InChI=1S/C23H34N8O5S/c1-12(22(35)36)29-20(33)17(7-4-8-27-23(25)26)30-21(34)18(11-37)31-19(32)15(24)9-13-10-28-16-6-3-2-5-14(13)16/h2-3,5-6,10,12,15,17-18,28,37H,4,7-9,11,24H2,1H3,(H,29,33)(H,30,34)(H,31,32)(H,35,36)(H4,25,26,27). The van der Waals surface area contributed by atoms with Crippen LogP contribution < -0.4 is 33.2 Å². The van der Waals surface area contributed by atoms with E-state index in [0.29, 0.717) is 6.42 Å². The molecule has 11 N–H and O–H groups in total. The minimum Gasteiger partial charge on any atom is -0.480 e.